The zero-order valence-electron chi connectivity index (χ0n) is 12.4. The molecule has 3 rings (SSSR count). The normalized spacial score (nSPS) is 10.6. The first-order chi connectivity index (χ1) is 11.5. The number of ether oxygens (including phenoxy) is 1. The summed E-state index contributed by atoms with van der Waals surface area (Å²) in [5, 5.41) is 3.99. The molecule has 1 aromatic heterocycles. The highest BCUT2D eigenvalue weighted by atomic mass is 35.5. The molecule has 0 saturated heterocycles. The van der Waals surface area contributed by atoms with E-state index in [0.29, 0.717) is 21.7 Å². The van der Waals surface area contributed by atoms with Crippen molar-refractivity contribution in [1.29, 1.82) is 0 Å². The van der Waals surface area contributed by atoms with Gasteiger partial charge in [0.15, 0.2) is 0 Å². The van der Waals surface area contributed by atoms with Crippen molar-refractivity contribution in [1.82, 2.24) is 0 Å². The van der Waals surface area contributed by atoms with Crippen LogP contribution in [0.1, 0.15) is 10.4 Å². The van der Waals surface area contributed by atoms with Crippen LogP contribution in [0.4, 0.5) is 5.69 Å². The Morgan fingerprint density at radius 1 is 1.12 bits per heavy atom. The van der Waals surface area contributed by atoms with Gasteiger partial charge in [0.2, 0.25) is 0 Å². The van der Waals surface area contributed by atoms with Gasteiger partial charge in [-0.1, -0.05) is 23.2 Å². The summed E-state index contributed by atoms with van der Waals surface area (Å²) in [5.41, 5.74) is 0.746. The zero-order chi connectivity index (χ0) is 17.3. The molecule has 0 fully saturated rings. The Morgan fingerprint density at radius 2 is 1.92 bits per heavy atom. The lowest BCUT2D eigenvalue weighted by Gasteiger charge is -2.11. The van der Waals surface area contributed by atoms with Gasteiger partial charge >= 0.3 is 5.63 Å². The number of hydrogen-bond acceptors (Lipinski definition) is 4. The summed E-state index contributed by atoms with van der Waals surface area (Å²) in [6, 6.07) is 10.8. The van der Waals surface area contributed by atoms with E-state index in [-0.39, 0.29) is 16.3 Å². The molecular weight excluding hydrogens is 353 g/mol. The second kappa shape index (κ2) is 6.55. The van der Waals surface area contributed by atoms with Crippen LogP contribution in [-0.4, -0.2) is 13.0 Å². The number of carbonyl (C=O) groups excluding carboxylic acids is 1. The second-order valence-corrected chi connectivity index (χ2v) is 5.77. The largest absolute Gasteiger partial charge is 0.494 e. The van der Waals surface area contributed by atoms with Crippen molar-refractivity contribution in [2.75, 3.05) is 12.4 Å². The molecule has 0 saturated carbocycles. The minimum Gasteiger partial charge on any atom is -0.494 e. The van der Waals surface area contributed by atoms with E-state index in [9.17, 15) is 9.59 Å². The molecule has 1 N–H and O–H groups in total. The summed E-state index contributed by atoms with van der Waals surface area (Å²) in [7, 11) is 1.42. The van der Waals surface area contributed by atoms with Gasteiger partial charge in [0.1, 0.15) is 11.3 Å². The number of nitrogens with one attached hydrogen (secondary N) is 1. The molecule has 0 aliphatic rings. The van der Waals surface area contributed by atoms with E-state index in [0.717, 1.165) is 0 Å². The summed E-state index contributed by atoms with van der Waals surface area (Å²) >= 11 is 12.0. The van der Waals surface area contributed by atoms with Crippen LogP contribution in [0.25, 0.3) is 11.0 Å². The smallest absolute Gasteiger partial charge is 0.336 e. The van der Waals surface area contributed by atoms with E-state index in [1.807, 2.05) is 0 Å². The summed E-state index contributed by atoms with van der Waals surface area (Å²) < 4.78 is 10.2. The van der Waals surface area contributed by atoms with E-state index in [1.54, 1.807) is 24.3 Å². The molecule has 0 spiro atoms. The highest BCUT2D eigenvalue weighted by molar-refractivity contribution is 6.36. The van der Waals surface area contributed by atoms with Crippen LogP contribution >= 0.6 is 23.2 Å². The third-order valence-corrected chi connectivity index (χ3v) is 3.83. The van der Waals surface area contributed by atoms with Crippen LogP contribution in [0.15, 0.2) is 51.7 Å². The summed E-state index contributed by atoms with van der Waals surface area (Å²) in [6.07, 6.45) is 0. The quantitative estimate of drug-likeness (QED) is 0.701. The summed E-state index contributed by atoms with van der Waals surface area (Å²) in [4.78, 5) is 23.7. The van der Waals surface area contributed by atoms with E-state index >= 15 is 0 Å². The van der Waals surface area contributed by atoms with Crippen LogP contribution < -0.4 is 15.7 Å². The molecule has 24 heavy (non-hydrogen) atoms. The lowest BCUT2D eigenvalue weighted by Crippen LogP contribution is -2.13. The van der Waals surface area contributed by atoms with Crippen molar-refractivity contribution in [3.8, 4) is 5.75 Å². The Balaban J connectivity index is 1.95. The minimum atomic E-state index is -0.433. The monoisotopic (exact) mass is 363 g/mol. The molecule has 0 unspecified atom stereocenters. The van der Waals surface area contributed by atoms with Crippen molar-refractivity contribution in [3.05, 3.63) is 68.5 Å². The maximum Gasteiger partial charge on any atom is 0.336 e. The molecule has 0 bridgehead atoms. The molecular formula is C17H11Cl2NO4. The average molecular weight is 364 g/mol. The molecule has 5 nitrogen and oxygen atoms in total. The SMILES string of the molecule is COc1c(Cl)cc(Cl)cc1C(=O)Nc1ccc2oc(=O)ccc2c1. The van der Waals surface area contributed by atoms with Crippen molar-refractivity contribution in [2.45, 2.75) is 0 Å². The van der Waals surface area contributed by atoms with E-state index in [4.69, 9.17) is 32.4 Å². The van der Waals surface area contributed by atoms with Crippen molar-refractivity contribution < 1.29 is 13.9 Å². The first-order valence-electron chi connectivity index (χ1n) is 6.86. The fraction of sp³-hybridized carbons (Fsp3) is 0.0588. The van der Waals surface area contributed by atoms with Crippen LogP contribution in [0.5, 0.6) is 5.75 Å². The molecule has 7 heteroatoms. The van der Waals surface area contributed by atoms with Crippen molar-refractivity contribution in [3.63, 3.8) is 0 Å². The number of fused-ring (bicyclic) bond motifs is 1. The van der Waals surface area contributed by atoms with Gasteiger partial charge in [-0.25, -0.2) is 4.79 Å². The number of anilines is 1. The molecule has 2 aromatic carbocycles. The van der Waals surface area contributed by atoms with E-state index < -0.39 is 11.5 Å². The van der Waals surface area contributed by atoms with Gasteiger partial charge in [-0.15, -0.1) is 0 Å². The predicted molar refractivity (Wildman–Crippen MR) is 93.5 cm³/mol. The maximum atomic E-state index is 12.5. The van der Waals surface area contributed by atoms with Gasteiger partial charge in [-0.2, -0.15) is 0 Å². The number of amides is 1. The summed E-state index contributed by atoms with van der Waals surface area (Å²) in [6.45, 7) is 0. The summed E-state index contributed by atoms with van der Waals surface area (Å²) in [5.74, 6) is -0.182. The number of rotatable bonds is 3. The Kier molecular flexibility index (Phi) is 4.46. The molecule has 122 valence electrons. The van der Waals surface area contributed by atoms with Crippen LogP contribution in [0.2, 0.25) is 10.0 Å². The highest BCUT2D eigenvalue weighted by Crippen LogP contribution is 2.32. The fourth-order valence-corrected chi connectivity index (χ4v) is 2.86. The number of halogens is 2. The topological polar surface area (TPSA) is 68.5 Å². The average Bonchev–Trinajstić information content (AvgIpc) is 2.54. The highest BCUT2D eigenvalue weighted by Gasteiger charge is 2.17. The first-order valence-corrected chi connectivity index (χ1v) is 7.62. The van der Waals surface area contributed by atoms with Gasteiger partial charge < -0.3 is 14.5 Å². The fourth-order valence-electron chi connectivity index (χ4n) is 2.28. The number of carbonyl (C=O) groups is 1. The van der Waals surface area contributed by atoms with E-state index in [2.05, 4.69) is 5.32 Å². The van der Waals surface area contributed by atoms with Crippen molar-refractivity contribution >= 4 is 45.8 Å². The van der Waals surface area contributed by atoms with Crippen LogP contribution in [-0.2, 0) is 0 Å². The molecule has 0 atom stereocenters. The van der Waals surface area contributed by atoms with Gasteiger partial charge in [0, 0.05) is 22.2 Å². The van der Waals surface area contributed by atoms with Crippen LogP contribution in [0.3, 0.4) is 0 Å². The minimum absolute atomic E-state index is 0.217. The third kappa shape index (κ3) is 3.22. The van der Waals surface area contributed by atoms with Gasteiger partial charge in [-0.3, -0.25) is 4.79 Å². The Hall–Kier alpha value is -2.50. The van der Waals surface area contributed by atoms with Gasteiger partial charge in [0.05, 0.1) is 17.7 Å². The van der Waals surface area contributed by atoms with E-state index in [1.165, 1.54) is 25.3 Å². The molecule has 0 aliphatic heterocycles. The maximum absolute atomic E-state index is 12.5. The lowest BCUT2D eigenvalue weighted by molar-refractivity contribution is 0.102. The third-order valence-electron chi connectivity index (χ3n) is 3.33. The standard InChI is InChI=1S/C17H11Cl2NO4/c1-23-16-12(7-10(18)8-13(16)19)17(22)20-11-3-4-14-9(6-11)2-5-15(21)24-14/h2-8H,1H3,(H,20,22). The molecule has 0 radical (unpaired) electrons. The van der Waals surface area contributed by atoms with Crippen LogP contribution in [0, 0.1) is 0 Å². The predicted octanol–water partition coefficient (Wildman–Crippen LogP) is 4.36. The molecule has 1 amide bonds. The van der Waals surface area contributed by atoms with Crippen molar-refractivity contribution in [2.24, 2.45) is 0 Å². The Morgan fingerprint density at radius 3 is 2.67 bits per heavy atom. The Labute approximate surface area is 146 Å². The first kappa shape index (κ1) is 16.4. The molecule has 0 aliphatic carbocycles. The van der Waals surface area contributed by atoms with Gasteiger partial charge in [-0.05, 0) is 36.4 Å². The number of methoxy groups -OCH3 is 1. The Bertz CT molecular complexity index is 998. The number of hydrogen-bond donors (Lipinski definition) is 1. The number of benzene rings is 2. The van der Waals surface area contributed by atoms with Gasteiger partial charge in [0.25, 0.3) is 5.91 Å². The second-order valence-electron chi connectivity index (χ2n) is 4.93. The lowest BCUT2D eigenvalue weighted by atomic mass is 10.1. The molecule has 1 heterocycles. The molecule has 3 aromatic rings. The zero-order valence-corrected chi connectivity index (χ0v) is 13.9.